The molecule has 1 aliphatic rings. The van der Waals surface area contributed by atoms with Crippen LogP contribution < -0.4 is 0 Å². The maximum atomic E-state index is 9.69. The average molecular weight is 606 g/mol. The van der Waals surface area contributed by atoms with Gasteiger partial charge in [0.05, 0.1) is 11.6 Å². The number of nitriles is 1. The second-order valence-electron chi connectivity index (χ2n) is 12.7. The molecular formula is C47H27N. The molecule has 220 valence electrons. The zero-order chi connectivity index (χ0) is 31.8. The van der Waals surface area contributed by atoms with Crippen molar-refractivity contribution in [3.63, 3.8) is 0 Å². The predicted molar refractivity (Wildman–Crippen MR) is 202 cm³/mol. The molecule has 0 heterocycles. The van der Waals surface area contributed by atoms with Gasteiger partial charge < -0.3 is 0 Å². The fraction of sp³-hybridized carbons (Fsp3) is 0. The van der Waals surface area contributed by atoms with Crippen molar-refractivity contribution >= 4 is 43.1 Å². The average Bonchev–Trinajstić information content (AvgIpc) is 3.50. The Bertz CT molecular complexity index is 2800. The number of rotatable bonds is 3. The van der Waals surface area contributed by atoms with Gasteiger partial charge in [0.25, 0.3) is 0 Å². The Morgan fingerprint density at radius 3 is 1.58 bits per heavy atom. The van der Waals surface area contributed by atoms with Crippen molar-refractivity contribution in [3.8, 4) is 61.7 Å². The summed E-state index contributed by atoms with van der Waals surface area (Å²) >= 11 is 0. The van der Waals surface area contributed by atoms with Gasteiger partial charge in [-0.2, -0.15) is 5.26 Å². The van der Waals surface area contributed by atoms with E-state index in [0.29, 0.717) is 5.56 Å². The lowest BCUT2D eigenvalue weighted by molar-refractivity contribution is 1.50. The van der Waals surface area contributed by atoms with Crippen LogP contribution in [0.15, 0.2) is 164 Å². The monoisotopic (exact) mass is 605 g/mol. The minimum absolute atomic E-state index is 0.679. The molecule has 0 aromatic heterocycles. The van der Waals surface area contributed by atoms with Gasteiger partial charge >= 0.3 is 0 Å². The van der Waals surface area contributed by atoms with Crippen molar-refractivity contribution in [2.45, 2.75) is 0 Å². The molecule has 0 radical (unpaired) electrons. The highest BCUT2D eigenvalue weighted by molar-refractivity contribution is 6.27. The molecule has 1 heteroatoms. The van der Waals surface area contributed by atoms with Gasteiger partial charge in [0.2, 0.25) is 0 Å². The zero-order valence-corrected chi connectivity index (χ0v) is 26.0. The number of nitrogens with zero attached hydrogens (tertiary/aromatic N) is 1. The molecule has 9 aromatic carbocycles. The number of hydrogen-bond acceptors (Lipinski definition) is 1. The molecule has 0 N–H and O–H groups in total. The fourth-order valence-corrected chi connectivity index (χ4v) is 8.16. The van der Waals surface area contributed by atoms with Crippen LogP contribution in [-0.4, -0.2) is 0 Å². The van der Waals surface area contributed by atoms with Gasteiger partial charge in [-0.25, -0.2) is 0 Å². The van der Waals surface area contributed by atoms with E-state index in [2.05, 4.69) is 158 Å². The molecule has 0 atom stereocenters. The highest BCUT2D eigenvalue weighted by Gasteiger charge is 2.30. The summed E-state index contributed by atoms with van der Waals surface area (Å²) in [7, 11) is 0. The van der Waals surface area contributed by atoms with Crippen molar-refractivity contribution in [2.24, 2.45) is 0 Å². The second-order valence-corrected chi connectivity index (χ2v) is 12.7. The fourth-order valence-electron chi connectivity index (χ4n) is 8.16. The predicted octanol–water partition coefficient (Wildman–Crippen LogP) is 12.8. The third kappa shape index (κ3) is 3.78. The van der Waals surface area contributed by atoms with Gasteiger partial charge in [0.1, 0.15) is 0 Å². The molecule has 1 nitrogen and oxygen atoms in total. The van der Waals surface area contributed by atoms with Gasteiger partial charge in [0.15, 0.2) is 0 Å². The molecule has 10 rings (SSSR count). The van der Waals surface area contributed by atoms with E-state index in [-0.39, 0.29) is 0 Å². The van der Waals surface area contributed by atoms with Crippen LogP contribution in [-0.2, 0) is 0 Å². The molecule has 9 aromatic rings. The molecule has 0 spiro atoms. The van der Waals surface area contributed by atoms with Crippen LogP contribution in [0.3, 0.4) is 0 Å². The first-order chi connectivity index (χ1) is 23.8. The van der Waals surface area contributed by atoms with E-state index >= 15 is 0 Å². The highest BCUT2D eigenvalue weighted by atomic mass is 14.3. The molecule has 0 aliphatic heterocycles. The molecule has 0 unspecified atom stereocenters. The summed E-state index contributed by atoms with van der Waals surface area (Å²) in [6, 6.07) is 61.6. The summed E-state index contributed by atoms with van der Waals surface area (Å²) in [4.78, 5) is 0. The summed E-state index contributed by atoms with van der Waals surface area (Å²) < 4.78 is 0. The number of hydrogen-bond donors (Lipinski definition) is 0. The molecule has 0 bridgehead atoms. The van der Waals surface area contributed by atoms with Crippen LogP contribution in [0.5, 0.6) is 0 Å². The van der Waals surface area contributed by atoms with Crippen LogP contribution in [0, 0.1) is 11.3 Å². The van der Waals surface area contributed by atoms with E-state index in [9.17, 15) is 5.26 Å². The molecule has 1 aliphatic carbocycles. The summed E-state index contributed by atoms with van der Waals surface area (Å²) in [5.74, 6) is 0. The highest BCUT2D eigenvalue weighted by Crippen LogP contribution is 2.57. The maximum Gasteiger partial charge on any atom is 0.0991 e. The van der Waals surface area contributed by atoms with Crippen LogP contribution in [0.2, 0.25) is 0 Å². The van der Waals surface area contributed by atoms with Crippen LogP contribution in [0.25, 0.3) is 98.7 Å². The first-order valence-corrected chi connectivity index (χ1v) is 16.4. The van der Waals surface area contributed by atoms with E-state index in [1.165, 1.54) is 93.3 Å². The normalized spacial score (nSPS) is 11.7. The Hall–Kier alpha value is -6.49. The Morgan fingerprint density at radius 1 is 0.333 bits per heavy atom. The summed E-state index contributed by atoms with van der Waals surface area (Å²) in [5, 5.41) is 19.3. The maximum absolute atomic E-state index is 9.69. The molecule has 48 heavy (non-hydrogen) atoms. The van der Waals surface area contributed by atoms with Crippen molar-refractivity contribution in [1.29, 1.82) is 5.26 Å². The van der Waals surface area contributed by atoms with E-state index in [4.69, 9.17) is 0 Å². The number of benzene rings is 9. The Labute approximate surface area is 278 Å². The first kappa shape index (κ1) is 26.7. The third-order valence-electron chi connectivity index (χ3n) is 10.2. The van der Waals surface area contributed by atoms with Crippen molar-refractivity contribution in [1.82, 2.24) is 0 Å². The van der Waals surface area contributed by atoms with Crippen molar-refractivity contribution in [3.05, 3.63) is 169 Å². The SMILES string of the molecule is N#Cc1ccc2c3ccc(-c4cc(-c5ccccc5)c5c(c4-c4ccccc4)-c4cccc6cccc-5c46)cc3c3ccccc3c2c1. The Kier molecular flexibility index (Phi) is 5.71. The van der Waals surface area contributed by atoms with Gasteiger partial charge in [-0.1, -0.05) is 140 Å². The minimum Gasteiger partial charge on any atom is -0.192 e. The number of fused-ring (bicyclic) bond motifs is 9. The summed E-state index contributed by atoms with van der Waals surface area (Å²) in [6.07, 6.45) is 0. The smallest absolute Gasteiger partial charge is 0.0991 e. The van der Waals surface area contributed by atoms with Gasteiger partial charge in [0, 0.05) is 0 Å². The zero-order valence-electron chi connectivity index (χ0n) is 26.0. The molecule has 0 amide bonds. The Balaban J connectivity index is 1.36. The van der Waals surface area contributed by atoms with Crippen LogP contribution in [0.1, 0.15) is 5.56 Å². The standard InChI is InChI=1S/C47H27N/c48-28-29-21-23-36-37-24-22-33(26-43(37)35-18-8-7-17-34(35)42(36)25-29)41-27-40(30-11-3-1-4-12-30)46-38-19-9-15-31-16-10-20-39(44(31)38)47(46)45(41)32-13-5-2-6-14-32/h1-27H. The topological polar surface area (TPSA) is 23.8 Å². The van der Waals surface area contributed by atoms with E-state index in [1.54, 1.807) is 0 Å². The summed E-state index contributed by atoms with van der Waals surface area (Å²) in [5.41, 5.74) is 13.2. The third-order valence-corrected chi connectivity index (χ3v) is 10.2. The van der Waals surface area contributed by atoms with Crippen molar-refractivity contribution in [2.75, 3.05) is 0 Å². The molecule has 0 fully saturated rings. The van der Waals surface area contributed by atoms with Gasteiger partial charge in [-0.3, -0.25) is 0 Å². The van der Waals surface area contributed by atoms with Crippen molar-refractivity contribution < 1.29 is 0 Å². The lowest BCUT2D eigenvalue weighted by Crippen LogP contribution is -1.95. The lowest BCUT2D eigenvalue weighted by Gasteiger charge is -2.21. The molecule has 0 saturated carbocycles. The van der Waals surface area contributed by atoms with Crippen LogP contribution >= 0.6 is 0 Å². The van der Waals surface area contributed by atoms with Gasteiger partial charge in [-0.05, 0) is 123 Å². The summed E-state index contributed by atoms with van der Waals surface area (Å²) in [6.45, 7) is 0. The second kappa shape index (κ2) is 10.3. The van der Waals surface area contributed by atoms with Crippen LogP contribution in [0.4, 0.5) is 0 Å². The van der Waals surface area contributed by atoms with E-state index in [0.717, 1.165) is 5.39 Å². The Morgan fingerprint density at radius 2 is 0.896 bits per heavy atom. The molecular weight excluding hydrogens is 579 g/mol. The first-order valence-electron chi connectivity index (χ1n) is 16.4. The largest absolute Gasteiger partial charge is 0.192 e. The lowest BCUT2D eigenvalue weighted by atomic mass is 9.81. The van der Waals surface area contributed by atoms with Gasteiger partial charge in [-0.15, -0.1) is 0 Å². The quantitative estimate of drug-likeness (QED) is 0.184. The van der Waals surface area contributed by atoms with E-state index in [1.807, 2.05) is 12.1 Å². The minimum atomic E-state index is 0.679. The molecule has 0 saturated heterocycles. The van der Waals surface area contributed by atoms with E-state index < -0.39 is 0 Å².